The van der Waals surface area contributed by atoms with Gasteiger partial charge in [0.25, 0.3) is 5.91 Å². The van der Waals surface area contributed by atoms with Gasteiger partial charge in [-0.05, 0) is 74.9 Å². The molecule has 1 aliphatic rings. The summed E-state index contributed by atoms with van der Waals surface area (Å²) in [6, 6.07) is 10.0. The molecule has 154 valence electrons. The molecule has 0 aromatic carbocycles. The second kappa shape index (κ2) is 8.59. The number of nitrogens with one attached hydrogen (secondary N) is 1. The number of hydrogen-bond donors (Lipinski definition) is 1. The van der Waals surface area contributed by atoms with E-state index in [2.05, 4.69) is 20.9 Å². The quantitative estimate of drug-likeness (QED) is 0.476. The fourth-order valence-corrected chi connectivity index (χ4v) is 5.31. The second-order valence-corrected chi connectivity index (χ2v) is 8.62. The summed E-state index contributed by atoms with van der Waals surface area (Å²) in [4.78, 5) is 18.1. The lowest BCUT2D eigenvalue weighted by atomic mass is 9.96. The fourth-order valence-electron chi connectivity index (χ4n) is 4.07. The molecule has 0 fully saturated rings. The molecule has 0 atom stereocenters. The van der Waals surface area contributed by atoms with E-state index in [0.29, 0.717) is 10.6 Å². The van der Waals surface area contributed by atoms with Crippen LogP contribution in [0.4, 0.5) is 5.00 Å². The largest absolute Gasteiger partial charge is 0.318 e. The Bertz CT molecular complexity index is 1270. The minimum atomic E-state index is -0.494. The molecule has 3 aromatic heterocycles. The van der Waals surface area contributed by atoms with Crippen molar-refractivity contribution >= 4 is 28.3 Å². The van der Waals surface area contributed by atoms with Crippen LogP contribution < -0.4 is 5.32 Å². The van der Waals surface area contributed by atoms with Crippen molar-refractivity contribution < 1.29 is 4.79 Å². The van der Waals surface area contributed by atoms with E-state index in [-0.39, 0.29) is 5.57 Å². The van der Waals surface area contributed by atoms with Gasteiger partial charge in [-0.25, -0.2) is 0 Å². The molecule has 1 amide bonds. The van der Waals surface area contributed by atoms with Crippen LogP contribution in [-0.2, 0) is 17.6 Å². The summed E-state index contributed by atoms with van der Waals surface area (Å²) in [6.07, 6.45) is 9.02. The summed E-state index contributed by atoms with van der Waals surface area (Å²) in [7, 11) is 0. The van der Waals surface area contributed by atoms with Crippen LogP contribution in [0.5, 0.6) is 0 Å². The smallest absolute Gasteiger partial charge is 0.266 e. The number of aryl methyl sites for hydroxylation is 2. The zero-order chi connectivity index (χ0) is 22.0. The van der Waals surface area contributed by atoms with Crippen molar-refractivity contribution in [1.29, 1.82) is 10.5 Å². The molecule has 0 saturated heterocycles. The van der Waals surface area contributed by atoms with Crippen molar-refractivity contribution in [2.45, 2.75) is 39.5 Å². The molecule has 1 aliphatic carbocycles. The summed E-state index contributed by atoms with van der Waals surface area (Å²) in [6.45, 7) is 3.93. The Balaban J connectivity index is 1.65. The lowest BCUT2D eigenvalue weighted by Crippen LogP contribution is -2.13. The summed E-state index contributed by atoms with van der Waals surface area (Å²) in [5, 5.41) is 22.6. The summed E-state index contributed by atoms with van der Waals surface area (Å²) < 4.78 is 2.06. The van der Waals surface area contributed by atoms with Crippen molar-refractivity contribution in [3.8, 4) is 17.8 Å². The highest BCUT2D eigenvalue weighted by Crippen LogP contribution is 2.37. The number of amides is 1. The maximum Gasteiger partial charge on any atom is 0.266 e. The van der Waals surface area contributed by atoms with Gasteiger partial charge in [0.1, 0.15) is 22.7 Å². The van der Waals surface area contributed by atoms with Gasteiger partial charge in [0.2, 0.25) is 0 Å². The Hall–Kier alpha value is -3.68. The van der Waals surface area contributed by atoms with Gasteiger partial charge in [0.05, 0.1) is 5.56 Å². The van der Waals surface area contributed by atoms with Gasteiger partial charge in [-0.15, -0.1) is 11.3 Å². The minimum absolute atomic E-state index is 0.00485. The zero-order valence-electron chi connectivity index (χ0n) is 17.4. The minimum Gasteiger partial charge on any atom is -0.318 e. The van der Waals surface area contributed by atoms with Crippen LogP contribution in [0.15, 0.2) is 36.2 Å². The van der Waals surface area contributed by atoms with Crippen molar-refractivity contribution in [2.75, 3.05) is 5.32 Å². The number of rotatable bonds is 4. The first-order valence-corrected chi connectivity index (χ1v) is 10.9. The van der Waals surface area contributed by atoms with Crippen LogP contribution in [-0.4, -0.2) is 15.5 Å². The van der Waals surface area contributed by atoms with E-state index in [9.17, 15) is 15.3 Å². The number of thiophene rings is 1. The SMILES string of the molecule is Cc1cc(C=C(C#N)C(=O)Nc2sc3c(c2C#N)CCCC3)c(C)n1-c1ccncc1. The van der Waals surface area contributed by atoms with Gasteiger partial charge >= 0.3 is 0 Å². The van der Waals surface area contributed by atoms with E-state index in [1.54, 1.807) is 18.5 Å². The molecular weight excluding hydrogens is 406 g/mol. The van der Waals surface area contributed by atoms with Crippen LogP contribution in [0, 0.1) is 36.5 Å². The molecule has 3 aromatic rings. The van der Waals surface area contributed by atoms with E-state index in [1.807, 2.05) is 38.1 Å². The Labute approximate surface area is 185 Å². The first-order valence-electron chi connectivity index (χ1n) is 10.1. The Morgan fingerprint density at radius 3 is 2.68 bits per heavy atom. The monoisotopic (exact) mass is 427 g/mol. The van der Waals surface area contributed by atoms with Crippen molar-refractivity contribution in [3.63, 3.8) is 0 Å². The average molecular weight is 428 g/mol. The van der Waals surface area contributed by atoms with Gasteiger partial charge in [-0.1, -0.05) is 0 Å². The molecule has 0 aliphatic heterocycles. The number of aromatic nitrogens is 2. The highest BCUT2D eigenvalue weighted by Gasteiger charge is 2.23. The molecular formula is C24H21N5OS. The molecule has 1 N–H and O–H groups in total. The molecule has 4 rings (SSSR count). The number of carbonyl (C=O) groups is 1. The maximum absolute atomic E-state index is 12.9. The third kappa shape index (κ3) is 3.88. The summed E-state index contributed by atoms with van der Waals surface area (Å²) in [5.41, 5.74) is 5.28. The number of fused-ring (bicyclic) bond motifs is 1. The van der Waals surface area contributed by atoms with Gasteiger partial charge < -0.3 is 9.88 Å². The third-order valence-electron chi connectivity index (χ3n) is 5.57. The molecule has 7 heteroatoms. The van der Waals surface area contributed by atoms with Crippen LogP contribution in [0.2, 0.25) is 0 Å². The Kier molecular flexibility index (Phi) is 5.70. The van der Waals surface area contributed by atoms with E-state index in [4.69, 9.17) is 0 Å². The molecule has 0 radical (unpaired) electrons. The molecule has 6 nitrogen and oxygen atoms in total. The first-order chi connectivity index (χ1) is 15.0. The van der Waals surface area contributed by atoms with Crippen LogP contribution in [0.3, 0.4) is 0 Å². The topological polar surface area (TPSA) is 94.5 Å². The highest BCUT2D eigenvalue weighted by atomic mass is 32.1. The Morgan fingerprint density at radius 2 is 1.97 bits per heavy atom. The van der Waals surface area contributed by atoms with E-state index < -0.39 is 5.91 Å². The number of hydrogen-bond acceptors (Lipinski definition) is 5. The zero-order valence-corrected chi connectivity index (χ0v) is 18.2. The molecule has 0 saturated carbocycles. The Morgan fingerprint density at radius 1 is 1.23 bits per heavy atom. The first kappa shape index (κ1) is 20.6. The summed E-state index contributed by atoms with van der Waals surface area (Å²) >= 11 is 1.45. The van der Waals surface area contributed by atoms with Crippen molar-refractivity contribution in [2.24, 2.45) is 0 Å². The molecule has 31 heavy (non-hydrogen) atoms. The fraction of sp³-hybridized carbons (Fsp3) is 0.250. The number of anilines is 1. The van der Waals surface area contributed by atoms with Crippen molar-refractivity contribution in [3.05, 3.63) is 69.1 Å². The predicted octanol–water partition coefficient (Wildman–Crippen LogP) is 4.85. The lowest BCUT2D eigenvalue weighted by Gasteiger charge is -2.09. The van der Waals surface area contributed by atoms with Gasteiger partial charge in [-0.2, -0.15) is 10.5 Å². The maximum atomic E-state index is 12.9. The number of carbonyl (C=O) groups excluding carboxylic acids is 1. The predicted molar refractivity (Wildman–Crippen MR) is 121 cm³/mol. The third-order valence-corrected chi connectivity index (χ3v) is 6.77. The lowest BCUT2D eigenvalue weighted by molar-refractivity contribution is -0.112. The number of nitrogens with zero attached hydrogens (tertiary/aromatic N) is 4. The van der Waals surface area contributed by atoms with Gasteiger partial charge in [0, 0.05) is 34.3 Å². The number of pyridine rings is 1. The normalized spacial score (nSPS) is 13.2. The van der Waals surface area contributed by atoms with Crippen LogP contribution in [0.25, 0.3) is 11.8 Å². The van der Waals surface area contributed by atoms with Crippen LogP contribution in [0.1, 0.15) is 45.8 Å². The van der Waals surface area contributed by atoms with E-state index >= 15 is 0 Å². The van der Waals surface area contributed by atoms with Gasteiger partial charge in [-0.3, -0.25) is 9.78 Å². The molecule has 0 bridgehead atoms. The molecule has 3 heterocycles. The van der Waals surface area contributed by atoms with Crippen LogP contribution >= 0.6 is 11.3 Å². The average Bonchev–Trinajstić information content (AvgIpc) is 3.27. The molecule has 0 spiro atoms. The summed E-state index contributed by atoms with van der Waals surface area (Å²) in [5.74, 6) is -0.494. The second-order valence-electron chi connectivity index (χ2n) is 7.52. The van der Waals surface area contributed by atoms with Gasteiger partial charge in [0.15, 0.2) is 0 Å². The number of nitriles is 2. The standard InChI is InChI=1S/C24H21N5OS/c1-15-11-17(16(2)29(15)19-7-9-27-10-8-19)12-18(13-25)23(30)28-24-21(14-26)20-5-3-4-6-22(20)31-24/h7-12H,3-6H2,1-2H3,(H,28,30). The van der Waals surface area contributed by atoms with Crippen molar-refractivity contribution in [1.82, 2.24) is 9.55 Å². The molecule has 0 unspecified atom stereocenters. The highest BCUT2D eigenvalue weighted by molar-refractivity contribution is 7.16. The van der Waals surface area contributed by atoms with E-state index in [0.717, 1.165) is 53.9 Å². The van der Waals surface area contributed by atoms with E-state index in [1.165, 1.54) is 16.2 Å².